The lowest BCUT2D eigenvalue weighted by atomic mass is 9.90. The Hall–Kier alpha value is -2.41. The number of benzene rings is 2. The minimum absolute atomic E-state index is 0.127. The number of aromatic amines is 1. The van der Waals surface area contributed by atoms with Crippen molar-refractivity contribution in [3.05, 3.63) is 85.4 Å². The summed E-state index contributed by atoms with van der Waals surface area (Å²) in [5.41, 5.74) is 2.63. The molecule has 0 fully saturated rings. The van der Waals surface area contributed by atoms with Crippen LogP contribution in [0.3, 0.4) is 0 Å². The number of halogens is 1. The average molecular weight is 386 g/mol. The topological polar surface area (TPSA) is 70.0 Å². The number of aromatic nitrogens is 2. The molecule has 132 valence electrons. The van der Waals surface area contributed by atoms with Crippen LogP contribution in [0, 0.1) is 4.77 Å². The molecule has 5 nitrogen and oxygen atoms in total. The van der Waals surface area contributed by atoms with Gasteiger partial charge in [-0.2, -0.15) is 0 Å². The number of hydrogen-bond acceptors (Lipinski definition) is 4. The summed E-state index contributed by atoms with van der Waals surface area (Å²) in [6.45, 7) is 0.719. The molecule has 0 saturated carbocycles. The van der Waals surface area contributed by atoms with Crippen LogP contribution in [0.2, 0.25) is 5.02 Å². The van der Waals surface area contributed by atoms with Crippen molar-refractivity contribution in [1.29, 1.82) is 0 Å². The molecule has 2 aromatic carbocycles. The zero-order valence-electron chi connectivity index (χ0n) is 13.7. The zero-order chi connectivity index (χ0) is 18.3. The maximum absolute atomic E-state index is 12.7. The Balaban J connectivity index is 1.94. The highest BCUT2D eigenvalue weighted by Crippen LogP contribution is 2.32. The standard InChI is InChI=1S/C19H16ClN3O2S/c20-12-5-7-13(8-6-12)23-18(25)15(17(24)22-19(23)26)16-14-4-2-1-3-11(14)9-10-21-16/h1-8,16,21,25H,9-10H2,(H,22,24,26). The highest BCUT2D eigenvalue weighted by atomic mass is 35.5. The van der Waals surface area contributed by atoms with Crippen molar-refractivity contribution in [2.75, 3.05) is 6.54 Å². The van der Waals surface area contributed by atoms with Crippen LogP contribution in [0.5, 0.6) is 5.88 Å². The molecule has 4 rings (SSSR count). The lowest BCUT2D eigenvalue weighted by Crippen LogP contribution is -2.35. The Kier molecular flexibility index (Phi) is 4.40. The first-order valence-corrected chi connectivity index (χ1v) is 9.00. The Bertz CT molecular complexity index is 1090. The smallest absolute Gasteiger partial charge is 0.260 e. The van der Waals surface area contributed by atoms with E-state index < -0.39 is 11.6 Å². The van der Waals surface area contributed by atoms with Crippen molar-refractivity contribution < 1.29 is 5.11 Å². The third kappa shape index (κ3) is 2.86. The fourth-order valence-electron chi connectivity index (χ4n) is 3.39. The van der Waals surface area contributed by atoms with Crippen LogP contribution in [0.25, 0.3) is 5.69 Å². The second kappa shape index (κ2) is 6.72. The molecule has 2 heterocycles. The van der Waals surface area contributed by atoms with Crippen LogP contribution in [0.4, 0.5) is 0 Å². The molecule has 0 amide bonds. The fraction of sp³-hybridized carbons (Fsp3) is 0.158. The maximum atomic E-state index is 12.7. The van der Waals surface area contributed by atoms with Gasteiger partial charge in [-0.05, 0) is 54.0 Å². The van der Waals surface area contributed by atoms with E-state index in [4.69, 9.17) is 23.8 Å². The highest BCUT2D eigenvalue weighted by Gasteiger charge is 2.28. The largest absolute Gasteiger partial charge is 0.494 e. The van der Waals surface area contributed by atoms with Gasteiger partial charge in [-0.15, -0.1) is 0 Å². The van der Waals surface area contributed by atoms with Crippen LogP contribution < -0.4 is 10.9 Å². The zero-order valence-corrected chi connectivity index (χ0v) is 15.3. The molecule has 0 spiro atoms. The Morgan fingerprint density at radius 3 is 2.65 bits per heavy atom. The van der Waals surface area contributed by atoms with Gasteiger partial charge in [-0.25, -0.2) is 0 Å². The van der Waals surface area contributed by atoms with Crippen LogP contribution in [0.1, 0.15) is 22.7 Å². The number of nitrogens with one attached hydrogen (secondary N) is 2. The Morgan fingerprint density at radius 2 is 1.88 bits per heavy atom. The number of rotatable bonds is 2. The van der Waals surface area contributed by atoms with Crippen molar-refractivity contribution in [3.63, 3.8) is 0 Å². The van der Waals surface area contributed by atoms with Gasteiger partial charge in [0.15, 0.2) is 4.77 Å². The number of nitrogens with zero attached hydrogens (tertiary/aromatic N) is 1. The SMILES string of the molecule is O=c1[nH]c(=S)n(-c2ccc(Cl)cc2)c(O)c1C1NCCc2ccccc21. The van der Waals surface area contributed by atoms with Gasteiger partial charge in [0.2, 0.25) is 5.88 Å². The van der Waals surface area contributed by atoms with Crippen molar-refractivity contribution in [3.8, 4) is 11.6 Å². The average Bonchev–Trinajstić information content (AvgIpc) is 2.63. The van der Waals surface area contributed by atoms with E-state index in [1.807, 2.05) is 24.3 Å². The van der Waals surface area contributed by atoms with Crippen LogP contribution in [-0.4, -0.2) is 21.2 Å². The first-order valence-electron chi connectivity index (χ1n) is 8.21. The second-order valence-electron chi connectivity index (χ2n) is 6.14. The van der Waals surface area contributed by atoms with E-state index in [1.165, 1.54) is 4.57 Å². The summed E-state index contributed by atoms with van der Waals surface area (Å²) < 4.78 is 1.57. The summed E-state index contributed by atoms with van der Waals surface area (Å²) in [5, 5.41) is 14.9. The van der Waals surface area contributed by atoms with Crippen molar-refractivity contribution >= 4 is 23.8 Å². The summed E-state index contributed by atoms with van der Waals surface area (Å²) in [4.78, 5) is 15.3. The molecule has 0 aliphatic carbocycles. The molecule has 26 heavy (non-hydrogen) atoms. The number of aromatic hydroxyl groups is 1. The van der Waals surface area contributed by atoms with Crippen LogP contribution in [-0.2, 0) is 6.42 Å². The highest BCUT2D eigenvalue weighted by molar-refractivity contribution is 7.71. The molecule has 0 radical (unpaired) electrons. The summed E-state index contributed by atoms with van der Waals surface area (Å²) in [5.74, 6) is -0.171. The Labute approximate surface area is 159 Å². The number of H-pyrrole nitrogens is 1. The van der Waals surface area contributed by atoms with Gasteiger partial charge in [0.1, 0.15) is 0 Å². The van der Waals surface area contributed by atoms with E-state index in [9.17, 15) is 9.90 Å². The first kappa shape index (κ1) is 17.0. The molecule has 1 unspecified atom stereocenters. The molecule has 1 aliphatic heterocycles. The quantitative estimate of drug-likeness (QED) is 0.590. The van der Waals surface area contributed by atoms with Gasteiger partial charge in [-0.1, -0.05) is 35.9 Å². The van der Waals surface area contributed by atoms with E-state index in [-0.39, 0.29) is 16.2 Å². The third-order valence-corrected chi connectivity index (χ3v) is 5.14. The van der Waals surface area contributed by atoms with Crippen molar-refractivity contribution in [2.45, 2.75) is 12.5 Å². The predicted octanol–water partition coefficient (Wildman–Crippen LogP) is 3.49. The summed E-state index contributed by atoms with van der Waals surface area (Å²) >= 11 is 11.2. The minimum Gasteiger partial charge on any atom is -0.494 e. The minimum atomic E-state index is -0.405. The van der Waals surface area contributed by atoms with Gasteiger partial charge in [0, 0.05) is 11.6 Å². The summed E-state index contributed by atoms with van der Waals surface area (Å²) in [6.07, 6.45) is 0.877. The normalized spacial score (nSPS) is 16.3. The van der Waals surface area contributed by atoms with E-state index >= 15 is 0 Å². The molecule has 3 N–H and O–H groups in total. The van der Waals surface area contributed by atoms with Gasteiger partial charge in [-0.3, -0.25) is 14.3 Å². The third-order valence-electron chi connectivity index (χ3n) is 4.60. The summed E-state index contributed by atoms with van der Waals surface area (Å²) in [6, 6.07) is 14.4. The molecular formula is C19H16ClN3O2S. The van der Waals surface area contributed by atoms with E-state index in [1.54, 1.807) is 24.3 Å². The molecule has 7 heteroatoms. The monoisotopic (exact) mass is 385 g/mol. The Morgan fingerprint density at radius 1 is 1.15 bits per heavy atom. The van der Waals surface area contributed by atoms with Gasteiger partial charge in [0.25, 0.3) is 5.56 Å². The van der Waals surface area contributed by atoms with Gasteiger partial charge < -0.3 is 10.4 Å². The lowest BCUT2D eigenvalue weighted by Gasteiger charge is -2.27. The first-order chi connectivity index (χ1) is 12.6. The molecule has 1 atom stereocenters. The number of fused-ring (bicyclic) bond motifs is 1. The predicted molar refractivity (Wildman–Crippen MR) is 104 cm³/mol. The van der Waals surface area contributed by atoms with Crippen molar-refractivity contribution in [2.24, 2.45) is 0 Å². The maximum Gasteiger partial charge on any atom is 0.260 e. The van der Waals surface area contributed by atoms with Crippen LogP contribution >= 0.6 is 23.8 Å². The molecule has 1 aromatic heterocycles. The van der Waals surface area contributed by atoms with E-state index in [0.717, 1.165) is 24.1 Å². The summed E-state index contributed by atoms with van der Waals surface area (Å²) in [7, 11) is 0. The fourth-order valence-corrected chi connectivity index (χ4v) is 3.80. The molecular weight excluding hydrogens is 370 g/mol. The van der Waals surface area contributed by atoms with E-state index in [0.29, 0.717) is 10.7 Å². The lowest BCUT2D eigenvalue weighted by molar-refractivity contribution is 0.413. The van der Waals surface area contributed by atoms with Gasteiger partial charge >= 0.3 is 0 Å². The van der Waals surface area contributed by atoms with Gasteiger partial charge in [0.05, 0.1) is 17.3 Å². The molecule has 0 saturated heterocycles. The van der Waals surface area contributed by atoms with E-state index in [2.05, 4.69) is 10.3 Å². The molecule has 1 aliphatic rings. The number of hydrogen-bond donors (Lipinski definition) is 3. The molecule has 0 bridgehead atoms. The van der Waals surface area contributed by atoms with Crippen molar-refractivity contribution in [1.82, 2.24) is 14.9 Å². The second-order valence-corrected chi connectivity index (χ2v) is 6.97. The van der Waals surface area contributed by atoms with Crippen LogP contribution in [0.15, 0.2) is 53.3 Å². The molecule has 3 aromatic rings.